The number of ether oxygens (including phenoxy) is 1. The molecule has 9 heteroatoms. The first-order chi connectivity index (χ1) is 11.7. The van der Waals surface area contributed by atoms with Crippen LogP contribution >= 0.6 is 11.8 Å². The molecule has 25 heavy (non-hydrogen) atoms. The summed E-state index contributed by atoms with van der Waals surface area (Å²) in [7, 11) is 0. The molecule has 1 unspecified atom stereocenters. The lowest BCUT2D eigenvalue weighted by Gasteiger charge is -2.17. The molecule has 0 radical (unpaired) electrons. The number of urea groups is 1. The van der Waals surface area contributed by atoms with Crippen molar-refractivity contribution in [3.05, 3.63) is 24.3 Å². The van der Waals surface area contributed by atoms with Crippen LogP contribution in [0.25, 0.3) is 0 Å². The monoisotopic (exact) mass is 378 g/mol. The molecule has 0 saturated heterocycles. The maximum absolute atomic E-state index is 12.4. The fourth-order valence-electron chi connectivity index (χ4n) is 2.00. The van der Waals surface area contributed by atoms with Gasteiger partial charge in [0, 0.05) is 10.6 Å². The topological polar surface area (TPSA) is 67.4 Å². The molecule has 1 aromatic carbocycles. The van der Waals surface area contributed by atoms with Crippen molar-refractivity contribution in [2.75, 3.05) is 11.9 Å². The first kappa shape index (κ1) is 21.1. The first-order valence-corrected chi connectivity index (χ1v) is 8.66. The number of rotatable bonds is 8. The third kappa shape index (κ3) is 8.67. The lowest BCUT2D eigenvalue weighted by atomic mass is 10.1. The summed E-state index contributed by atoms with van der Waals surface area (Å²) in [5.41, 5.74) is -4.21. The van der Waals surface area contributed by atoms with Gasteiger partial charge in [-0.3, -0.25) is 0 Å². The standard InChI is InChI=1S/C16H21F3N2O3S/c1-3-5-9-13(14(22)24-4-2)21-15(23)20-11-7-6-8-12(10-11)25-16(17,18)19/h6-8,10,13H,3-5,9H2,1-2H3,(H2,20,21,23). The lowest BCUT2D eigenvalue weighted by molar-refractivity contribution is -0.145. The summed E-state index contributed by atoms with van der Waals surface area (Å²) < 4.78 is 42.1. The molecule has 0 bridgehead atoms. The quantitative estimate of drug-likeness (QED) is 0.515. The van der Waals surface area contributed by atoms with Gasteiger partial charge >= 0.3 is 17.5 Å². The Morgan fingerprint density at radius 1 is 1.28 bits per heavy atom. The van der Waals surface area contributed by atoms with Gasteiger partial charge in [-0.25, -0.2) is 9.59 Å². The second-order valence-electron chi connectivity index (χ2n) is 5.12. The molecule has 0 aliphatic rings. The van der Waals surface area contributed by atoms with Gasteiger partial charge in [-0.2, -0.15) is 13.2 Å². The summed E-state index contributed by atoms with van der Waals surface area (Å²) in [6, 6.07) is 3.90. The number of nitrogens with one attached hydrogen (secondary N) is 2. The van der Waals surface area contributed by atoms with Crippen LogP contribution in [-0.4, -0.2) is 30.2 Å². The van der Waals surface area contributed by atoms with Gasteiger partial charge < -0.3 is 15.4 Å². The van der Waals surface area contributed by atoms with E-state index in [0.717, 1.165) is 12.8 Å². The molecule has 2 amide bonds. The van der Waals surface area contributed by atoms with E-state index in [1.165, 1.54) is 24.3 Å². The minimum atomic E-state index is -4.41. The van der Waals surface area contributed by atoms with Gasteiger partial charge in [0.05, 0.1) is 6.61 Å². The Hall–Kier alpha value is -1.90. The maximum Gasteiger partial charge on any atom is 0.446 e. The first-order valence-electron chi connectivity index (χ1n) is 7.85. The Bertz CT molecular complexity index is 582. The number of hydrogen-bond acceptors (Lipinski definition) is 4. The van der Waals surface area contributed by atoms with Crippen LogP contribution in [-0.2, 0) is 9.53 Å². The normalized spacial score (nSPS) is 12.4. The van der Waals surface area contributed by atoms with Gasteiger partial charge in [0.15, 0.2) is 0 Å². The smallest absolute Gasteiger partial charge is 0.446 e. The maximum atomic E-state index is 12.4. The summed E-state index contributed by atoms with van der Waals surface area (Å²) >= 11 is -0.267. The molecule has 1 aromatic rings. The average molecular weight is 378 g/mol. The largest absolute Gasteiger partial charge is 0.464 e. The van der Waals surface area contributed by atoms with Crippen molar-refractivity contribution in [2.45, 2.75) is 49.6 Å². The Morgan fingerprint density at radius 3 is 2.60 bits per heavy atom. The van der Waals surface area contributed by atoms with Gasteiger partial charge in [-0.1, -0.05) is 25.8 Å². The van der Waals surface area contributed by atoms with Crippen molar-refractivity contribution in [1.82, 2.24) is 5.32 Å². The predicted octanol–water partition coefficient (Wildman–Crippen LogP) is 4.54. The molecular weight excluding hydrogens is 357 g/mol. The zero-order valence-electron chi connectivity index (χ0n) is 14.0. The number of alkyl halides is 3. The third-order valence-corrected chi connectivity index (χ3v) is 3.77. The van der Waals surface area contributed by atoms with Crippen molar-refractivity contribution in [3.8, 4) is 0 Å². The van der Waals surface area contributed by atoms with Crippen molar-refractivity contribution in [3.63, 3.8) is 0 Å². The van der Waals surface area contributed by atoms with Crippen molar-refractivity contribution in [2.24, 2.45) is 0 Å². The number of unbranched alkanes of at least 4 members (excludes halogenated alkanes) is 1. The predicted molar refractivity (Wildman–Crippen MR) is 90.5 cm³/mol. The van der Waals surface area contributed by atoms with Crippen molar-refractivity contribution in [1.29, 1.82) is 0 Å². The minimum absolute atomic E-state index is 0.0433. The molecule has 0 saturated carbocycles. The van der Waals surface area contributed by atoms with E-state index < -0.39 is 23.6 Å². The van der Waals surface area contributed by atoms with Crippen LogP contribution in [0.3, 0.4) is 0 Å². The van der Waals surface area contributed by atoms with Crippen LogP contribution in [0.4, 0.5) is 23.7 Å². The summed E-state index contributed by atoms with van der Waals surface area (Å²) in [5.74, 6) is -0.535. The van der Waals surface area contributed by atoms with E-state index in [1.54, 1.807) is 6.92 Å². The number of amides is 2. The van der Waals surface area contributed by atoms with Crippen LogP contribution in [0.2, 0.25) is 0 Å². The van der Waals surface area contributed by atoms with E-state index in [2.05, 4.69) is 10.6 Å². The molecule has 140 valence electrons. The molecule has 2 N–H and O–H groups in total. The molecule has 0 aliphatic carbocycles. The minimum Gasteiger partial charge on any atom is -0.464 e. The Morgan fingerprint density at radius 2 is 2.00 bits per heavy atom. The van der Waals surface area contributed by atoms with E-state index in [9.17, 15) is 22.8 Å². The Kier molecular flexibility index (Phi) is 8.60. The highest BCUT2D eigenvalue weighted by Crippen LogP contribution is 2.37. The lowest BCUT2D eigenvalue weighted by Crippen LogP contribution is -2.43. The van der Waals surface area contributed by atoms with Crippen LogP contribution < -0.4 is 10.6 Å². The van der Waals surface area contributed by atoms with Gasteiger partial charge in [-0.15, -0.1) is 0 Å². The molecule has 0 fully saturated rings. The number of hydrogen-bond donors (Lipinski definition) is 2. The SMILES string of the molecule is CCCCC(NC(=O)Nc1cccc(SC(F)(F)F)c1)C(=O)OCC. The van der Waals surface area contributed by atoms with E-state index in [-0.39, 0.29) is 29.0 Å². The molecule has 0 spiro atoms. The van der Waals surface area contributed by atoms with Crippen molar-refractivity contribution < 1.29 is 27.5 Å². The zero-order valence-corrected chi connectivity index (χ0v) is 14.8. The summed E-state index contributed by atoms with van der Waals surface area (Å²) in [6.07, 6.45) is 1.99. The van der Waals surface area contributed by atoms with Gasteiger partial charge in [0.25, 0.3) is 0 Å². The third-order valence-electron chi connectivity index (χ3n) is 3.05. The number of halogens is 3. The van der Waals surface area contributed by atoms with E-state index in [4.69, 9.17) is 4.74 Å². The summed E-state index contributed by atoms with van der Waals surface area (Å²) in [5, 5.41) is 4.93. The summed E-state index contributed by atoms with van der Waals surface area (Å²) in [6.45, 7) is 3.81. The molecule has 5 nitrogen and oxygen atoms in total. The van der Waals surface area contributed by atoms with Gasteiger partial charge in [0.1, 0.15) is 6.04 Å². The van der Waals surface area contributed by atoms with Crippen LogP contribution in [0.15, 0.2) is 29.2 Å². The number of carbonyl (C=O) groups excluding carboxylic acids is 2. The highest BCUT2D eigenvalue weighted by Gasteiger charge is 2.29. The number of thioether (sulfide) groups is 1. The van der Waals surface area contributed by atoms with E-state index >= 15 is 0 Å². The number of carbonyl (C=O) groups is 2. The fourth-order valence-corrected chi connectivity index (χ4v) is 2.60. The van der Waals surface area contributed by atoms with Crippen molar-refractivity contribution >= 4 is 29.4 Å². The molecular formula is C16H21F3N2O3S. The van der Waals surface area contributed by atoms with E-state index in [1.807, 2.05) is 6.92 Å². The van der Waals surface area contributed by atoms with Gasteiger partial charge in [-0.05, 0) is 43.3 Å². The highest BCUT2D eigenvalue weighted by molar-refractivity contribution is 8.00. The Balaban J connectivity index is 2.69. The average Bonchev–Trinajstić information content (AvgIpc) is 2.50. The fraction of sp³-hybridized carbons (Fsp3) is 0.500. The number of anilines is 1. The van der Waals surface area contributed by atoms with Crippen LogP contribution in [0.1, 0.15) is 33.1 Å². The van der Waals surface area contributed by atoms with Gasteiger partial charge in [0.2, 0.25) is 0 Å². The second kappa shape index (κ2) is 10.2. The number of benzene rings is 1. The molecule has 1 rings (SSSR count). The summed E-state index contributed by atoms with van der Waals surface area (Å²) in [4.78, 5) is 23.8. The van der Waals surface area contributed by atoms with E-state index in [0.29, 0.717) is 6.42 Å². The Labute approximate surface area is 148 Å². The zero-order chi connectivity index (χ0) is 18.9. The van der Waals surface area contributed by atoms with Crippen LogP contribution in [0, 0.1) is 0 Å². The molecule has 0 heterocycles. The number of esters is 1. The molecule has 0 aliphatic heterocycles. The van der Waals surface area contributed by atoms with Crippen LogP contribution in [0.5, 0.6) is 0 Å². The molecule has 0 aromatic heterocycles. The highest BCUT2D eigenvalue weighted by atomic mass is 32.2. The molecule has 1 atom stereocenters. The second-order valence-corrected chi connectivity index (χ2v) is 6.26.